The predicted molar refractivity (Wildman–Crippen MR) is 69.9 cm³/mol. The van der Waals surface area contributed by atoms with Gasteiger partial charge in [0.15, 0.2) is 0 Å². The molecule has 2 unspecified atom stereocenters. The Morgan fingerprint density at radius 1 is 1.18 bits per heavy atom. The van der Waals surface area contributed by atoms with Gasteiger partial charge in [-0.2, -0.15) is 0 Å². The molecule has 98 valence electrons. The monoisotopic (exact) mass is 237 g/mol. The summed E-state index contributed by atoms with van der Waals surface area (Å²) in [4.78, 5) is 2.47. The number of aliphatic hydroxyl groups excluding tert-OH is 1. The van der Waals surface area contributed by atoms with Crippen molar-refractivity contribution in [3.63, 3.8) is 0 Å². The van der Waals surface area contributed by atoms with Crippen LogP contribution in [0, 0.1) is 17.8 Å². The highest BCUT2D eigenvalue weighted by Crippen LogP contribution is 2.48. The summed E-state index contributed by atoms with van der Waals surface area (Å²) >= 11 is 0. The summed E-state index contributed by atoms with van der Waals surface area (Å²) in [5.74, 6) is 3.05. The van der Waals surface area contributed by atoms with E-state index in [1.165, 1.54) is 57.9 Å². The van der Waals surface area contributed by atoms with E-state index in [0.29, 0.717) is 6.61 Å². The van der Waals surface area contributed by atoms with Gasteiger partial charge >= 0.3 is 0 Å². The van der Waals surface area contributed by atoms with Crippen LogP contribution in [0.15, 0.2) is 0 Å². The Morgan fingerprint density at radius 2 is 1.94 bits per heavy atom. The molecule has 3 saturated carbocycles. The third-order valence-electron chi connectivity index (χ3n) is 5.83. The van der Waals surface area contributed by atoms with Crippen LogP contribution in [0.4, 0.5) is 0 Å². The van der Waals surface area contributed by atoms with E-state index in [9.17, 15) is 5.11 Å². The van der Waals surface area contributed by atoms with Crippen LogP contribution in [0.2, 0.25) is 0 Å². The zero-order valence-electron chi connectivity index (χ0n) is 11.2. The molecule has 3 rings (SSSR count). The van der Waals surface area contributed by atoms with Gasteiger partial charge in [-0.05, 0) is 56.9 Å². The van der Waals surface area contributed by atoms with Gasteiger partial charge < -0.3 is 5.11 Å². The maximum atomic E-state index is 9.56. The standard InChI is InChI=1S/C15H27NO/c1-16(15(11-17)6-3-7-15)10-14-9-13(14)8-12-4-2-5-12/h12-14,17H,2-11H2,1H3. The lowest BCUT2D eigenvalue weighted by Crippen LogP contribution is -2.55. The van der Waals surface area contributed by atoms with E-state index in [-0.39, 0.29) is 5.54 Å². The fraction of sp³-hybridized carbons (Fsp3) is 1.00. The number of likely N-dealkylation sites (N-methyl/N-ethyl adjacent to an activating group) is 1. The fourth-order valence-corrected chi connectivity index (χ4v) is 3.77. The maximum Gasteiger partial charge on any atom is 0.0615 e. The topological polar surface area (TPSA) is 23.5 Å². The third kappa shape index (κ3) is 2.26. The van der Waals surface area contributed by atoms with Gasteiger partial charge in [-0.1, -0.05) is 19.3 Å². The molecule has 0 bridgehead atoms. The molecule has 3 aliphatic rings. The average molecular weight is 237 g/mol. The molecular formula is C15H27NO. The molecular weight excluding hydrogens is 210 g/mol. The Labute approximate surface area is 105 Å². The minimum absolute atomic E-state index is 0.170. The van der Waals surface area contributed by atoms with Crippen LogP contribution in [0.3, 0.4) is 0 Å². The van der Waals surface area contributed by atoms with Gasteiger partial charge in [0.05, 0.1) is 6.61 Å². The zero-order valence-corrected chi connectivity index (χ0v) is 11.2. The first kappa shape index (κ1) is 12.0. The average Bonchev–Trinajstić information content (AvgIpc) is 2.89. The van der Waals surface area contributed by atoms with Crippen molar-refractivity contribution in [2.45, 2.75) is 56.9 Å². The second-order valence-electron chi connectivity index (χ2n) is 6.91. The van der Waals surface area contributed by atoms with E-state index in [1.807, 2.05) is 0 Å². The highest BCUT2D eigenvalue weighted by atomic mass is 16.3. The Hall–Kier alpha value is -0.0800. The Balaban J connectivity index is 1.42. The molecule has 1 N–H and O–H groups in total. The largest absolute Gasteiger partial charge is 0.394 e. The molecule has 2 nitrogen and oxygen atoms in total. The second-order valence-corrected chi connectivity index (χ2v) is 6.91. The second kappa shape index (κ2) is 4.55. The zero-order chi connectivity index (χ0) is 11.9. The summed E-state index contributed by atoms with van der Waals surface area (Å²) in [6, 6.07) is 0. The van der Waals surface area contributed by atoms with E-state index >= 15 is 0 Å². The van der Waals surface area contributed by atoms with Crippen LogP contribution in [0.25, 0.3) is 0 Å². The summed E-state index contributed by atoms with van der Waals surface area (Å²) < 4.78 is 0. The number of hydrogen-bond acceptors (Lipinski definition) is 2. The Morgan fingerprint density at radius 3 is 2.41 bits per heavy atom. The molecule has 17 heavy (non-hydrogen) atoms. The highest BCUT2D eigenvalue weighted by molar-refractivity contribution is 4.99. The van der Waals surface area contributed by atoms with Gasteiger partial charge in [0.25, 0.3) is 0 Å². The minimum atomic E-state index is 0.170. The fourth-order valence-electron chi connectivity index (χ4n) is 3.77. The number of aliphatic hydroxyl groups is 1. The SMILES string of the molecule is CN(CC1CC1CC1CCC1)C1(CO)CCC1. The molecule has 0 aliphatic heterocycles. The van der Waals surface area contributed by atoms with Crippen LogP contribution in [-0.4, -0.2) is 35.7 Å². The summed E-state index contributed by atoms with van der Waals surface area (Å²) in [5.41, 5.74) is 0.170. The number of hydrogen-bond donors (Lipinski definition) is 1. The summed E-state index contributed by atoms with van der Waals surface area (Å²) in [6.07, 6.45) is 11.2. The van der Waals surface area contributed by atoms with Crippen molar-refractivity contribution >= 4 is 0 Å². The predicted octanol–water partition coefficient (Wildman–Crippen LogP) is 2.66. The van der Waals surface area contributed by atoms with Crippen LogP contribution in [0.1, 0.15) is 51.4 Å². The van der Waals surface area contributed by atoms with Gasteiger partial charge in [-0.15, -0.1) is 0 Å². The molecule has 3 fully saturated rings. The molecule has 2 heteroatoms. The van der Waals surface area contributed by atoms with Crippen molar-refractivity contribution in [2.75, 3.05) is 20.2 Å². The molecule has 3 aliphatic carbocycles. The first-order valence-corrected chi connectivity index (χ1v) is 7.56. The smallest absolute Gasteiger partial charge is 0.0615 e. The van der Waals surface area contributed by atoms with Crippen LogP contribution >= 0.6 is 0 Å². The van der Waals surface area contributed by atoms with Gasteiger partial charge in [0, 0.05) is 12.1 Å². The van der Waals surface area contributed by atoms with Gasteiger partial charge in [0.2, 0.25) is 0 Å². The highest BCUT2D eigenvalue weighted by Gasteiger charge is 2.45. The lowest BCUT2D eigenvalue weighted by molar-refractivity contribution is -0.0160. The maximum absolute atomic E-state index is 9.56. The van der Waals surface area contributed by atoms with Crippen molar-refractivity contribution in [3.05, 3.63) is 0 Å². The summed E-state index contributed by atoms with van der Waals surface area (Å²) in [6.45, 7) is 1.60. The van der Waals surface area contributed by atoms with E-state index in [0.717, 1.165) is 17.8 Å². The quantitative estimate of drug-likeness (QED) is 0.767. The minimum Gasteiger partial charge on any atom is -0.394 e. The lowest BCUT2D eigenvalue weighted by atomic mass is 9.76. The van der Waals surface area contributed by atoms with Gasteiger partial charge in [0.1, 0.15) is 0 Å². The van der Waals surface area contributed by atoms with Crippen molar-refractivity contribution in [1.82, 2.24) is 4.90 Å². The molecule has 0 heterocycles. The lowest BCUT2D eigenvalue weighted by Gasteiger charge is -2.47. The van der Waals surface area contributed by atoms with E-state index in [4.69, 9.17) is 0 Å². The van der Waals surface area contributed by atoms with Crippen molar-refractivity contribution in [2.24, 2.45) is 17.8 Å². The van der Waals surface area contributed by atoms with E-state index < -0.39 is 0 Å². The number of rotatable bonds is 6. The Kier molecular flexibility index (Phi) is 3.20. The molecule has 0 amide bonds. The summed E-state index contributed by atoms with van der Waals surface area (Å²) in [7, 11) is 2.23. The van der Waals surface area contributed by atoms with Crippen molar-refractivity contribution in [3.8, 4) is 0 Å². The first-order chi connectivity index (χ1) is 8.23. The van der Waals surface area contributed by atoms with Crippen molar-refractivity contribution < 1.29 is 5.11 Å². The normalized spacial score (nSPS) is 35.5. The molecule has 0 aromatic rings. The van der Waals surface area contributed by atoms with E-state index in [2.05, 4.69) is 11.9 Å². The van der Waals surface area contributed by atoms with E-state index in [1.54, 1.807) is 0 Å². The molecule has 0 spiro atoms. The molecule has 0 saturated heterocycles. The van der Waals surface area contributed by atoms with Crippen LogP contribution in [-0.2, 0) is 0 Å². The third-order valence-corrected chi connectivity index (χ3v) is 5.83. The molecule has 0 aromatic carbocycles. The molecule has 0 radical (unpaired) electrons. The van der Waals surface area contributed by atoms with Crippen molar-refractivity contribution in [1.29, 1.82) is 0 Å². The molecule has 2 atom stereocenters. The Bertz CT molecular complexity index is 265. The first-order valence-electron chi connectivity index (χ1n) is 7.56. The van der Waals surface area contributed by atoms with Gasteiger partial charge in [-0.3, -0.25) is 4.90 Å². The van der Waals surface area contributed by atoms with Crippen LogP contribution in [0.5, 0.6) is 0 Å². The number of nitrogens with zero attached hydrogens (tertiary/aromatic N) is 1. The molecule has 0 aromatic heterocycles. The van der Waals surface area contributed by atoms with Gasteiger partial charge in [-0.25, -0.2) is 0 Å². The summed E-state index contributed by atoms with van der Waals surface area (Å²) in [5, 5.41) is 9.56. The van der Waals surface area contributed by atoms with Crippen LogP contribution < -0.4 is 0 Å².